The van der Waals surface area contributed by atoms with Crippen molar-refractivity contribution in [2.24, 2.45) is 0 Å². The molecule has 74 heavy (non-hydrogen) atoms. The van der Waals surface area contributed by atoms with E-state index in [1.54, 1.807) is 78.9 Å². The normalized spacial score (nSPS) is 11.4. The summed E-state index contributed by atoms with van der Waals surface area (Å²) in [7, 11) is 0. The number of halogens is 6. The van der Waals surface area contributed by atoms with Crippen LogP contribution in [0.25, 0.3) is 71.0 Å². The van der Waals surface area contributed by atoms with Crippen molar-refractivity contribution in [3.8, 4) is 28.6 Å². The Hall–Kier alpha value is -10.0. The van der Waals surface area contributed by atoms with Gasteiger partial charge in [-0.1, -0.05) is 60.7 Å². The van der Waals surface area contributed by atoms with Gasteiger partial charge in [-0.25, -0.2) is 31.2 Å². The fourth-order valence-corrected chi connectivity index (χ4v) is 10.00. The second-order valence-electron chi connectivity index (χ2n) is 17.5. The van der Waals surface area contributed by atoms with Crippen molar-refractivity contribution in [3.63, 3.8) is 0 Å². The van der Waals surface area contributed by atoms with E-state index >= 15 is 17.6 Å². The minimum Gasteiger partial charge on any atom is -0.311 e. The fraction of sp³-hybridized carbons (Fsp3) is 0. The van der Waals surface area contributed by atoms with Crippen LogP contribution >= 0.6 is 0 Å². The van der Waals surface area contributed by atoms with Gasteiger partial charge in [0.2, 0.25) is 0 Å². The molecule has 2 heterocycles. The van der Waals surface area contributed by atoms with Gasteiger partial charge < -0.3 is 18.9 Å². The molecule has 0 bridgehead atoms. The first-order valence-electron chi connectivity index (χ1n) is 23.2. The van der Waals surface area contributed by atoms with Crippen LogP contribution in [0, 0.1) is 52.8 Å². The number of benzene rings is 10. The Morgan fingerprint density at radius 2 is 0.811 bits per heavy atom. The van der Waals surface area contributed by atoms with Crippen LogP contribution in [0.5, 0.6) is 0 Å². The van der Waals surface area contributed by atoms with Crippen molar-refractivity contribution < 1.29 is 26.3 Å². The van der Waals surface area contributed by atoms with Gasteiger partial charge in [-0.2, -0.15) is 5.26 Å². The molecule has 10 aromatic carbocycles. The summed E-state index contributed by atoms with van der Waals surface area (Å²) in [5.41, 5.74) is 5.30. The molecule has 0 atom stereocenters. The predicted octanol–water partition coefficient (Wildman–Crippen LogP) is 17.7. The lowest BCUT2D eigenvalue weighted by atomic mass is 10.0. The Morgan fingerprint density at radius 3 is 1.28 bits per heavy atom. The molecule has 0 aliphatic carbocycles. The average Bonchev–Trinajstić information content (AvgIpc) is 3.95. The first kappa shape index (κ1) is 45.1. The standard InChI is InChI=1S/C62H34F6N6/c1-70-41-18-28-43(29-19-41)71(47-30-32-55-51(34-47)49-6-2-4-8-53(49)73(55)45-24-14-39(63)15-25-45)42-22-12-38(13-23-42)57-58(65)60(67)62(61(68)59(57)66)72(44-20-10-37(36-69)11-21-44)48-31-33-56-52(35-48)50-7-3-5-9-54(50)74(56)46-26-16-40(64)17-27-46/h2-35H. The molecule has 0 radical (unpaired) electrons. The van der Waals surface area contributed by atoms with Gasteiger partial charge in [-0.05, 0) is 151 Å². The lowest BCUT2D eigenvalue weighted by molar-refractivity contribution is 0.461. The van der Waals surface area contributed by atoms with E-state index in [1.165, 1.54) is 60.7 Å². The van der Waals surface area contributed by atoms with Gasteiger partial charge in [-0.15, -0.1) is 0 Å². The van der Waals surface area contributed by atoms with Crippen LogP contribution in [0.2, 0.25) is 0 Å². The second-order valence-corrected chi connectivity index (χ2v) is 17.5. The number of rotatable bonds is 9. The minimum absolute atomic E-state index is 0.113. The second kappa shape index (κ2) is 18.0. The van der Waals surface area contributed by atoms with Crippen molar-refractivity contribution in [3.05, 3.63) is 258 Å². The van der Waals surface area contributed by atoms with Crippen LogP contribution in [0.15, 0.2) is 206 Å². The van der Waals surface area contributed by atoms with Gasteiger partial charge in [0.1, 0.15) is 17.3 Å². The number of hydrogen-bond acceptors (Lipinski definition) is 3. The number of aromatic nitrogens is 2. The molecule has 6 nitrogen and oxygen atoms in total. The summed E-state index contributed by atoms with van der Waals surface area (Å²) >= 11 is 0. The first-order chi connectivity index (χ1) is 36.1. The van der Waals surface area contributed by atoms with Gasteiger partial charge in [0.25, 0.3) is 0 Å². The van der Waals surface area contributed by atoms with E-state index in [0.29, 0.717) is 39.3 Å². The van der Waals surface area contributed by atoms with Gasteiger partial charge >= 0.3 is 0 Å². The van der Waals surface area contributed by atoms with Crippen LogP contribution in [-0.4, -0.2) is 9.13 Å². The smallest absolute Gasteiger partial charge is 0.187 e. The van der Waals surface area contributed by atoms with Crippen LogP contribution in [-0.2, 0) is 0 Å². The van der Waals surface area contributed by atoms with E-state index in [9.17, 15) is 14.0 Å². The van der Waals surface area contributed by atoms with E-state index in [-0.39, 0.29) is 28.3 Å². The molecule has 0 spiro atoms. The highest BCUT2D eigenvalue weighted by molar-refractivity contribution is 6.12. The molecule has 0 unspecified atom stereocenters. The summed E-state index contributed by atoms with van der Waals surface area (Å²) in [6, 6.07) is 58.9. The number of hydrogen-bond donors (Lipinski definition) is 0. The maximum Gasteiger partial charge on any atom is 0.187 e. The van der Waals surface area contributed by atoms with Crippen molar-refractivity contribution in [2.45, 2.75) is 0 Å². The number of fused-ring (bicyclic) bond motifs is 6. The molecular weight excluding hydrogens is 943 g/mol. The number of nitriles is 1. The van der Waals surface area contributed by atoms with Gasteiger partial charge in [0.15, 0.2) is 29.0 Å². The van der Waals surface area contributed by atoms with E-state index in [1.807, 2.05) is 86.8 Å². The summed E-state index contributed by atoms with van der Waals surface area (Å²) in [5.74, 6) is -7.35. The lowest BCUT2D eigenvalue weighted by Crippen LogP contribution is -2.16. The summed E-state index contributed by atoms with van der Waals surface area (Å²) in [5, 5.41) is 12.8. The van der Waals surface area contributed by atoms with Crippen molar-refractivity contribution in [2.75, 3.05) is 9.80 Å². The molecular formula is C62H34F6N6. The van der Waals surface area contributed by atoms with Crippen LogP contribution in [0.3, 0.4) is 0 Å². The highest BCUT2D eigenvalue weighted by Gasteiger charge is 2.32. The van der Waals surface area contributed by atoms with Gasteiger partial charge in [0, 0.05) is 61.4 Å². The van der Waals surface area contributed by atoms with E-state index in [2.05, 4.69) is 4.85 Å². The molecule has 2 aromatic heterocycles. The molecule has 12 rings (SSSR count). The Morgan fingerprint density at radius 1 is 0.405 bits per heavy atom. The van der Waals surface area contributed by atoms with Crippen LogP contribution < -0.4 is 9.80 Å². The molecule has 12 aromatic rings. The minimum atomic E-state index is -1.66. The summed E-state index contributed by atoms with van der Waals surface area (Å²) in [6.45, 7) is 7.55. The van der Waals surface area contributed by atoms with Crippen molar-refractivity contribution in [1.29, 1.82) is 5.26 Å². The zero-order chi connectivity index (χ0) is 50.8. The molecule has 0 aliphatic rings. The number of para-hydroxylation sites is 2. The SMILES string of the molecule is [C-]#[N+]c1ccc(N(c2ccc(-c3c(F)c(F)c(N(c4ccc(C#N)cc4)c4ccc5c(c4)c4ccccc4n5-c4ccc(F)cc4)c(F)c3F)cc2)c2ccc3c(c2)c2ccccc2n3-c2ccc(F)cc2)cc1. The van der Waals surface area contributed by atoms with Gasteiger partial charge in [0.05, 0.1) is 45.8 Å². The number of nitrogens with zero attached hydrogens (tertiary/aromatic N) is 6. The summed E-state index contributed by atoms with van der Waals surface area (Å²) in [6.07, 6.45) is 0. The van der Waals surface area contributed by atoms with Crippen molar-refractivity contribution >= 4 is 83.4 Å². The lowest BCUT2D eigenvalue weighted by Gasteiger charge is -2.28. The summed E-state index contributed by atoms with van der Waals surface area (Å²) in [4.78, 5) is 6.52. The highest BCUT2D eigenvalue weighted by atomic mass is 19.2. The Labute approximate surface area is 419 Å². The third kappa shape index (κ3) is 7.44. The largest absolute Gasteiger partial charge is 0.311 e. The zero-order valence-corrected chi connectivity index (χ0v) is 38.6. The molecule has 0 fully saturated rings. The van der Waals surface area contributed by atoms with E-state index in [0.717, 1.165) is 43.3 Å². The quantitative estimate of drug-likeness (QED) is 0.0822. The Balaban J connectivity index is 0.973. The van der Waals surface area contributed by atoms with Crippen molar-refractivity contribution in [1.82, 2.24) is 9.13 Å². The molecule has 354 valence electrons. The van der Waals surface area contributed by atoms with Crippen LogP contribution in [0.4, 0.5) is 66.2 Å². The third-order valence-electron chi connectivity index (χ3n) is 13.4. The molecule has 0 N–H and O–H groups in total. The molecule has 12 heteroatoms. The maximum absolute atomic E-state index is 17.1. The Kier molecular flexibility index (Phi) is 11.0. The van der Waals surface area contributed by atoms with Gasteiger partial charge in [-0.3, -0.25) is 0 Å². The number of anilines is 6. The van der Waals surface area contributed by atoms with E-state index in [4.69, 9.17) is 6.57 Å². The molecule has 0 saturated carbocycles. The topological polar surface area (TPSA) is 44.5 Å². The molecule has 0 aliphatic heterocycles. The fourth-order valence-electron chi connectivity index (χ4n) is 10.00. The van der Waals surface area contributed by atoms with Crippen LogP contribution in [0.1, 0.15) is 5.56 Å². The third-order valence-corrected chi connectivity index (χ3v) is 13.4. The molecule has 0 amide bonds. The predicted molar refractivity (Wildman–Crippen MR) is 281 cm³/mol. The summed E-state index contributed by atoms with van der Waals surface area (Å²) < 4.78 is 100. The Bertz CT molecular complexity index is 4240. The average molecular weight is 977 g/mol. The monoisotopic (exact) mass is 976 g/mol. The highest BCUT2D eigenvalue weighted by Crippen LogP contribution is 2.46. The van der Waals surface area contributed by atoms with E-state index < -0.39 is 40.3 Å². The molecule has 0 saturated heterocycles. The first-order valence-corrected chi connectivity index (χ1v) is 23.2. The zero-order valence-electron chi connectivity index (χ0n) is 38.6. The maximum atomic E-state index is 17.1.